The lowest BCUT2D eigenvalue weighted by Crippen LogP contribution is -2.54. The quantitative estimate of drug-likeness (QED) is 0.861. The number of rotatable bonds is 2. The number of pyridine rings is 1. The number of aromatic nitrogens is 1. The number of carbonyl (C=O) groups excluding carboxylic acids is 2. The summed E-state index contributed by atoms with van der Waals surface area (Å²) in [5.41, 5.74) is 0.370. The van der Waals surface area contributed by atoms with Gasteiger partial charge in [-0.2, -0.15) is 0 Å². The van der Waals surface area contributed by atoms with Crippen molar-refractivity contribution in [1.82, 2.24) is 20.1 Å². The number of carbonyl (C=O) groups is 2. The summed E-state index contributed by atoms with van der Waals surface area (Å²) in [6, 6.07) is 1.69. The summed E-state index contributed by atoms with van der Waals surface area (Å²) in [6.45, 7) is 2.03. The molecule has 2 N–H and O–H groups in total. The molecule has 1 saturated carbocycles. The minimum atomic E-state index is -0.161. The molecule has 1 aliphatic carbocycles. The van der Waals surface area contributed by atoms with Gasteiger partial charge in [0.15, 0.2) is 0 Å². The molecule has 0 unspecified atom stereocenters. The molecule has 2 aliphatic rings. The normalized spacial score (nSPS) is 19.2. The molecule has 24 heavy (non-hydrogen) atoms. The lowest BCUT2D eigenvalue weighted by Gasteiger charge is -2.36. The monoisotopic (exact) mass is 332 g/mol. The van der Waals surface area contributed by atoms with Crippen LogP contribution in [0.25, 0.3) is 0 Å². The zero-order valence-corrected chi connectivity index (χ0v) is 13.8. The first kappa shape index (κ1) is 16.5. The first-order valence-corrected chi connectivity index (χ1v) is 8.62. The minimum absolute atomic E-state index is 0.0204. The molecular formula is C17H24N4O3. The van der Waals surface area contributed by atoms with E-state index in [0.717, 1.165) is 12.8 Å². The molecule has 1 aliphatic heterocycles. The van der Waals surface area contributed by atoms with Crippen molar-refractivity contribution >= 4 is 11.9 Å². The Balaban J connectivity index is 1.50. The lowest BCUT2D eigenvalue weighted by molar-refractivity contribution is 0.0661. The number of piperazine rings is 1. The highest BCUT2D eigenvalue weighted by Gasteiger charge is 2.26. The first-order chi connectivity index (χ1) is 11.6. The van der Waals surface area contributed by atoms with Gasteiger partial charge in [-0.25, -0.2) is 4.79 Å². The topological polar surface area (TPSA) is 85.8 Å². The van der Waals surface area contributed by atoms with Crippen LogP contribution in [0.2, 0.25) is 0 Å². The van der Waals surface area contributed by atoms with Gasteiger partial charge in [-0.05, 0) is 18.9 Å². The van der Waals surface area contributed by atoms with Crippen molar-refractivity contribution in [2.24, 2.45) is 0 Å². The van der Waals surface area contributed by atoms with Crippen molar-refractivity contribution in [3.8, 4) is 5.75 Å². The molecule has 1 aromatic heterocycles. The second kappa shape index (κ2) is 7.51. The molecule has 130 valence electrons. The van der Waals surface area contributed by atoms with Gasteiger partial charge in [0.2, 0.25) is 0 Å². The predicted molar refractivity (Wildman–Crippen MR) is 88.8 cm³/mol. The number of hydrogen-bond acceptors (Lipinski definition) is 4. The van der Waals surface area contributed by atoms with Gasteiger partial charge in [0, 0.05) is 38.4 Å². The highest BCUT2D eigenvalue weighted by atomic mass is 16.3. The number of nitrogens with zero attached hydrogens (tertiary/aromatic N) is 3. The summed E-state index contributed by atoms with van der Waals surface area (Å²) in [4.78, 5) is 32.0. The van der Waals surface area contributed by atoms with E-state index in [1.54, 1.807) is 9.80 Å². The van der Waals surface area contributed by atoms with E-state index in [2.05, 4.69) is 10.3 Å². The van der Waals surface area contributed by atoms with Crippen LogP contribution in [-0.2, 0) is 0 Å². The molecule has 3 rings (SSSR count). The standard InChI is InChI=1S/C17H24N4O3/c22-15-10-13(11-18-12-15)16(23)20-6-8-21(9-7-20)17(24)19-14-4-2-1-3-5-14/h10-12,14,22H,1-9H2,(H,19,24). The Labute approximate surface area is 141 Å². The zero-order valence-electron chi connectivity index (χ0n) is 13.8. The van der Waals surface area contributed by atoms with Crippen molar-refractivity contribution in [1.29, 1.82) is 0 Å². The van der Waals surface area contributed by atoms with Crippen LogP contribution in [-0.4, -0.2) is 64.0 Å². The van der Waals surface area contributed by atoms with Crippen molar-refractivity contribution in [3.63, 3.8) is 0 Å². The van der Waals surface area contributed by atoms with E-state index in [9.17, 15) is 14.7 Å². The largest absolute Gasteiger partial charge is 0.506 e. The number of urea groups is 1. The number of amides is 3. The van der Waals surface area contributed by atoms with Crippen molar-refractivity contribution in [2.75, 3.05) is 26.2 Å². The average molecular weight is 332 g/mol. The Bertz CT molecular complexity index is 593. The highest BCUT2D eigenvalue weighted by molar-refractivity contribution is 5.94. The van der Waals surface area contributed by atoms with Crippen LogP contribution in [0.1, 0.15) is 42.5 Å². The second-order valence-corrected chi connectivity index (χ2v) is 6.50. The molecule has 1 saturated heterocycles. The molecule has 0 aromatic carbocycles. The van der Waals surface area contributed by atoms with E-state index in [4.69, 9.17) is 0 Å². The molecule has 1 aromatic rings. The Hall–Kier alpha value is -2.31. The maximum absolute atomic E-state index is 12.4. The minimum Gasteiger partial charge on any atom is -0.506 e. The van der Waals surface area contributed by atoms with Crippen LogP contribution in [0, 0.1) is 0 Å². The fourth-order valence-electron chi connectivity index (χ4n) is 3.35. The number of nitrogens with one attached hydrogen (secondary N) is 1. The second-order valence-electron chi connectivity index (χ2n) is 6.50. The van der Waals surface area contributed by atoms with E-state index in [1.165, 1.54) is 37.7 Å². The van der Waals surface area contributed by atoms with Crippen LogP contribution < -0.4 is 5.32 Å². The van der Waals surface area contributed by atoms with E-state index in [1.807, 2.05) is 0 Å². The molecular weight excluding hydrogens is 308 g/mol. The Kier molecular flexibility index (Phi) is 5.17. The molecule has 0 radical (unpaired) electrons. The third-order valence-electron chi connectivity index (χ3n) is 4.76. The zero-order chi connectivity index (χ0) is 16.9. The van der Waals surface area contributed by atoms with Crippen LogP contribution in [0.5, 0.6) is 5.75 Å². The van der Waals surface area contributed by atoms with Gasteiger partial charge in [-0.1, -0.05) is 19.3 Å². The van der Waals surface area contributed by atoms with Crippen LogP contribution in [0.4, 0.5) is 4.79 Å². The maximum atomic E-state index is 12.4. The van der Waals surface area contributed by atoms with Gasteiger partial charge in [0.25, 0.3) is 5.91 Å². The Morgan fingerprint density at radius 2 is 1.71 bits per heavy atom. The summed E-state index contributed by atoms with van der Waals surface area (Å²) in [7, 11) is 0. The van der Waals surface area contributed by atoms with Crippen molar-refractivity contribution in [3.05, 3.63) is 24.0 Å². The molecule has 2 fully saturated rings. The van der Waals surface area contributed by atoms with Gasteiger partial charge < -0.3 is 20.2 Å². The summed E-state index contributed by atoms with van der Waals surface area (Å²) in [5.74, 6) is -0.183. The van der Waals surface area contributed by atoms with Crippen molar-refractivity contribution < 1.29 is 14.7 Å². The molecule has 0 bridgehead atoms. The molecule has 7 nitrogen and oxygen atoms in total. The lowest BCUT2D eigenvalue weighted by atomic mass is 9.96. The number of hydrogen-bond donors (Lipinski definition) is 2. The predicted octanol–water partition coefficient (Wildman–Crippen LogP) is 1.59. The van der Waals surface area contributed by atoms with Gasteiger partial charge in [-0.3, -0.25) is 9.78 Å². The summed E-state index contributed by atoms with van der Waals surface area (Å²) >= 11 is 0. The van der Waals surface area contributed by atoms with Gasteiger partial charge in [0.1, 0.15) is 5.75 Å². The molecule has 3 amide bonds. The smallest absolute Gasteiger partial charge is 0.317 e. The first-order valence-electron chi connectivity index (χ1n) is 8.62. The molecule has 7 heteroatoms. The SMILES string of the molecule is O=C(NC1CCCCC1)N1CCN(C(=O)c2cncc(O)c2)CC1. The third kappa shape index (κ3) is 3.96. The Morgan fingerprint density at radius 3 is 2.38 bits per heavy atom. The fourth-order valence-corrected chi connectivity index (χ4v) is 3.35. The fraction of sp³-hybridized carbons (Fsp3) is 0.588. The van der Waals surface area contributed by atoms with Crippen molar-refractivity contribution in [2.45, 2.75) is 38.1 Å². The summed E-state index contributed by atoms with van der Waals surface area (Å²) < 4.78 is 0. The van der Waals surface area contributed by atoms with E-state index in [-0.39, 0.29) is 17.7 Å². The van der Waals surface area contributed by atoms with Gasteiger partial charge in [0.05, 0.1) is 11.8 Å². The van der Waals surface area contributed by atoms with E-state index >= 15 is 0 Å². The van der Waals surface area contributed by atoms with E-state index < -0.39 is 0 Å². The molecule has 2 heterocycles. The summed E-state index contributed by atoms with van der Waals surface area (Å²) in [6.07, 6.45) is 8.51. The number of aromatic hydroxyl groups is 1. The third-order valence-corrected chi connectivity index (χ3v) is 4.76. The van der Waals surface area contributed by atoms with Crippen LogP contribution in [0.15, 0.2) is 18.5 Å². The molecule has 0 atom stereocenters. The Morgan fingerprint density at radius 1 is 1.04 bits per heavy atom. The van der Waals surface area contributed by atoms with Crippen LogP contribution in [0.3, 0.4) is 0 Å². The van der Waals surface area contributed by atoms with E-state index in [0.29, 0.717) is 37.8 Å². The van der Waals surface area contributed by atoms with Crippen LogP contribution >= 0.6 is 0 Å². The molecule has 0 spiro atoms. The summed E-state index contributed by atoms with van der Waals surface area (Å²) in [5, 5.41) is 12.5. The van der Waals surface area contributed by atoms with Gasteiger partial charge >= 0.3 is 6.03 Å². The van der Waals surface area contributed by atoms with Gasteiger partial charge in [-0.15, -0.1) is 0 Å². The maximum Gasteiger partial charge on any atom is 0.317 e. The average Bonchev–Trinajstić information content (AvgIpc) is 2.62. The highest BCUT2D eigenvalue weighted by Crippen LogP contribution is 2.18.